The molecule has 0 aliphatic carbocycles. The maximum absolute atomic E-state index is 4.69. The van der Waals surface area contributed by atoms with E-state index in [9.17, 15) is 0 Å². The molecule has 1 fully saturated rings. The first-order valence-electron chi connectivity index (χ1n) is 8.97. The van der Waals surface area contributed by atoms with E-state index in [-0.39, 0.29) is 0 Å². The van der Waals surface area contributed by atoms with Gasteiger partial charge in [-0.1, -0.05) is 6.07 Å². The van der Waals surface area contributed by atoms with Gasteiger partial charge in [0.25, 0.3) is 0 Å². The third-order valence-electron chi connectivity index (χ3n) is 4.82. The van der Waals surface area contributed by atoms with Crippen molar-refractivity contribution in [1.82, 2.24) is 19.4 Å². The Morgan fingerprint density at radius 3 is 2.92 bits per heavy atom. The molecule has 1 atom stereocenters. The van der Waals surface area contributed by atoms with Gasteiger partial charge in [0.2, 0.25) is 0 Å². The van der Waals surface area contributed by atoms with E-state index in [0.717, 1.165) is 38.4 Å². The molecule has 1 unspecified atom stereocenters. The van der Waals surface area contributed by atoms with Crippen LogP contribution in [0.15, 0.2) is 30.7 Å². The molecule has 0 amide bonds. The average molecular weight is 327 g/mol. The first-order chi connectivity index (χ1) is 11.6. The van der Waals surface area contributed by atoms with Crippen LogP contribution in [0.4, 0.5) is 5.82 Å². The van der Waals surface area contributed by atoms with Crippen LogP contribution < -0.4 is 4.90 Å². The van der Waals surface area contributed by atoms with Crippen LogP contribution in [0.2, 0.25) is 0 Å². The lowest BCUT2D eigenvalue weighted by Crippen LogP contribution is -2.36. The SMILES string of the molecule is Cc1cccnc1N1CCCC(c2nccn2CCCN(C)C)C1. The number of hydrogen-bond donors (Lipinski definition) is 0. The van der Waals surface area contributed by atoms with E-state index in [2.05, 4.69) is 52.6 Å². The smallest absolute Gasteiger partial charge is 0.131 e. The van der Waals surface area contributed by atoms with Gasteiger partial charge in [-0.25, -0.2) is 9.97 Å². The molecule has 1 saturated heterocycles. The fourth-order valence-corrected chi connectivity index (χ4v) is 3.62. The van der Waals surface area contributed by atoms with Crippen LogP contribution in [0.1, 0.15) is 36.6 Å². The molecule has 0 saturated carbocycles. The van der Waals surface area contributed by atoms with Gasteiger partial charge in [-0.15, -0.1) is 0 Å². The molecule has 24 heavy (non-hydrogen) atoms. The Morgan fingerprint density at radius 2 is 2.12 bits per heavy atom. The lowest BCUT2D eigenvalue weighted by molar-refractivity contribution is 0.380. The van der Waals surface area contributed by atoms with E-state index in [1.54, 1.807) is 0 Å². The van der Waals surface area contributed by atoms with Crippen molar-refractivity contribution in [2.24, 2.45) is 0 Å². The second-order valence-electron chi connectivity index (χ2n) is 7.06. The van der Waals surface area contributed by atoms with Crippen molar-refractivity contribution < 1.29 is 0 Å². The zero-order chi connectivity index (χ0) is 16.9. The minimum atomic E-state index is 0.495. The predicted octanol–water partition coefficient (Wildman–Crippen LogP) is 2.92. The molecule has 3 heterocycles. The predicted molar refractivity (Wildman–Crippen MR) is 98.6 cm³/mol. The standard InChI is InChI=1S/C19H29N5/c1-16-7-4-9-20-18(16)24-12-5-8-17(15-24)19-21-10-14-23(19)13-6-11-22(2)3/h4,7,9-10,14,17H,5-6,8,11-13,15H2,1-3H3. The van der Waals surface area contributed by atoms with E-state index < -0.39 is 0 Å². The molecule has 0 aromatic carbocycles. The number of piperidine rings is 1. The average Bonchev–Trinajstić information content (AvgIpc) is 3.03. The van der Waals surface area contributed by atoms with E-state index in [4.69, 9.17) is 4.98 Å². The van der Waals surface area contributed by atoms with Gasteiger partial charge in [0, 0.05) is 44.1 Å². The molecule has 0 N–H and O–H groups in total. The zero-order valence-electron chi connectivity index (χ0n) is 15.1. The summed E-state index contributed by atoms with van der Waals surface area (Å²) in [5.74, 6) is 2.87. The Kier molecular flexibility index (Phi) is 5.51. The summed E-state index contributed by atoms with van der Waals surface area (Å²) < 4.78 is 2.35. The fourth-order valence-electron chi connectivity index (χ4n) is 3.62. The number of aryl methyl sites for hydroxylation is 2. The van der Waals surface area contributed by atoms with Gasteiger partial charge in [-0.3, -0.25) is 0 Å². The molecule has 2 aromatic heterocycles. The van der Waals surface area contributed by atoms with Crippen molar-refractivity contribution in [2.75, 3.05) is 38.6 Å². The summed E-state index contributed by atoms with van der Waals surface area (Å²) in [5.41, 5.74) is 1.26. The highest BCUT2D eigenvalue weighted by molar-refractivity contribution is 5.46. The molecule has 2 aromatic rings. The van der Waals surface area contributed by atoms with Gasteiger partial charge in [-0.2, -0.15) is 0 Å². The van der Waals surface area contributed by atoms with Crippen molar-refractivity contribution >= 4 is 5.82 Å². The van der Waals surface area contributed by atoms with Crippen LogP contribution >= 0.6 is 0 Å². The number of imidazole rings is 1. The summed E-state index contributed by atoms with van der Waals surface area (Å²) >= 11 is 0. The normalized spacial score (nSPS) is 18.3. The minimum Gasteiger partial charge on any atom is -0.356 e. The Morgan fingerprint density at radius 1 is 1.25 bits per heavy atom. The highest BCUT2D eigenvalue weighted by Gasteiger charge is 2.26. The van der Waals surface area contributed by atoms with Crippen LogP contribution in [0.5, 0.6) is 0 Å². The van der Waals surface area contributed by atoms with Crippen LogP contribution in [0, 0.1) is 6.92 Å². The van der Waals surface area contributed by atoms with Crippen molar-refractivity contribution in [3.8, 4) is 0 Å². The molecule has 5 heteroatoms. The molecule has 130 valence electrons. The number of rotatable bonds is 6. The molecule has 0 radical (unpaired) electrons. The third kappa shape index (κ3) is 3.96. The molecule has 5 nitrogen and oxygen atoms in total. The van der Waals surface area contributed by atoms with Crippen LogP contribution in [-0.2, 0) is 6.54 Å². The van der Waals surface area contributed by atoms with E-state index >= 15 is 0 Å². The van der Waals surface area contributed by atoms with E-state index in [1.165, 1.54) is 24.2 Å². The summed E-state index contributed by atoms with van der Waals surface area (Å²) in [7, 11) is 4.26. The highest BCUT2D eigenvalue weighted by Crippen LogP contribution is 2.29. The van der Waals surface area contributed by atoms with Gasteiger partial charge < -0.3 is 14.4 Å². The number of aromatic nitrogens is 3. The Balaban J connectivity index is 1.69. The third-order valence-corrected chi connectivity index (χ3v) is 4.82. The largest absolute Gasteiger partial charge is 0.356 e. The quantitative estimate of drug-likeness (QED) is 0.817. The molecule has 1 aliphatic heterocycles. The van der Waals surface area contributed by atoms with Gasteiger partial charge in [0.15, 0.2) is 0 Å². The molecule has 0 bridgehead atoms. The summed E-state index contributed by atoms with van der Waals surface area (Å²) in [5, 5.41) is 0. The second-order valence-corrected chi connectivity index (χ2v) is 7.06. The van der Waals surface area contributed by atoms with Crippen LogP contribution in [0.25, 0.3) is 0 Å². The molecular formula is C19H29N5. The Labute approximate surface area is 145 Å². The van der Waals surface area contributed by atoms with Gasteiger partial charge in [0.1, 0.15) is 11.6 Å². The van der Waals surface area contributed by atoms with E-state index in [0.29, 0.717) is 5.92 Å². The second kappa shape index (κ2) is 7.79. The van der Waals surface area contributed by atoms with Gasteiger partial charge in [0.05, 0.1) is 0 Å². The lowest BCUT2D eigenvalue weighted by Gasteiger charge is -2.34. The van der Waals surface area contributed by atoms with Gasteiger partial charge >= 0.3 is 0 Å². The molecule has 3 rings (SSSR count). The highest BCUT2D eigenvalue weighted by atomic mass is 15.2. The Hall–Kier alpha value is -1.88. The maximum atomic E-state index is 4.69. The molecule has 0 spiro atoms. The first-order valence-corrected chi connectivity index (χ1v) is 8.97. The zero-order valence-corrected chi connectivity index (χ0v) is 15.1. The number of pyridine rings is 1. The summed E-state index contributed by atoms with van der Waals surface area (Å²) in [6.45, 7) is 6.42. The maximum Gasteiger partial charge on any atom is 0.131 e. The summed E-state index contributed by atoms with van der Waals surface area (Å²) in [6.07, 6.45) is 9.56. The van der Waals surface area contributed by atoms with Crippen molar-refractivity contribution in [3.05, 3.63) is 42.1 Å². The molecular weight excluding hydrogens is 298 g/mol. The number of nitrogens with zero attached hydrogens (tertiary/aromatic N) is 5. The summed E-state index contributed by atoms with van der Waals surface area (Å²) in [4.78, 5) is 14.0. The van der Waals surface area contributed by atoms with Crippen molar-refractivity contribution in [2.45, 2.75) is 38.6 Å². The molecule has 1 aliphatic rings. The van der Waals surface area contributed by atoms with E-state index in [1.807, 2.05) is 18.5 Å². The van der Waals surface area contributed by atoms with Crippen LogP contribution in [0.3, 0.4) is 0 Å². The lowest BCUT2D eigenvalue weighted by atomic mass is 9.96. The topological polar surface area (TPSA) is 37.2 Å². The fraction of sp³-hybridized carbons (Fsp3) is 0.579. The minimum absolute atomic E-state index is 0.495. The Bertz CT molecular complexity index is 649. The van der Waals surface area contributed by atoms with Crippen molar-refractivity contribution in [1.29, 1.82) is 0 Å². The van der Waals surface area contributed by atoms with Crippen molar-refractivity contribution in [3.63, 3.8) is 0 Å². The van der Waals surface area contributed by atoms with Crippen LogP contribution in [-0.4, -0.2) is 53.2 Å². The number of anilines is 1. The monoisotopic (exact) mass is 327 g/mol. The van der Waals surface area contributed by atoms with Gasteiger partial charge in [-0.05, 0) is 58.5 Å². The number of hydrogen-bond acceptors (Lipinski definition) is 4. The first kappa shape index (κ1) is 17.0. The summed E-state index contributed by atoms with van der Waals surface area (Å²) in [6, 6.07) is 4.16.